The molecule has 2 aliphatic heterocycles. The Morgan fingerprint density at radius 2 is 1.98 bits per heavy atom. The number of amides is 1. The fourth-order valence-electron chi connectivity index (χ4n) is 6.54. The van der Waals surface area contributed by atoms with E-state index in [9.17, 15) is 14.0 Å². The molecule has 1 saturated heterocycles. The third-order valence-electron chi connectivity index (χ3n) is 8.58. The number of carbonyl (C=O) groups excluding carboxylic acids is 2. The lowest BCUT2D eigenvalue weighted by Gasteiger charge is -2.59. The van der Waals surface area contributed by atoms with Gasteiger partial charge in [0.15, 0.2) is 11.6 Å². The number of benzene rings is 2. The number of fused-ring (bicyclic) bond motifs is 1. The van der Waals surface area contributed by atoms with Crippen molar-refractivity contribution in [2.45, 2.75) is 58.8 Å². The number of aldehydes is 1. The van der Waals surface area contributed by atoms with Gasteiger partial charge in [0.2, 0.25) is 0 Å². The minimum atomic E-state index is -0.500. The third kappa shape index (κ3) is 5.31. The number of carbonyl (C=O) groups is 2. The number of aromatic nitrogens is 2. The van der Waals surface area contributed by atoms with Crippen molar-refractivity contribution in [3.8, 4) is 17.2 Å². The van der Waals surface area contributed by atoms with Crippen molar-refractivity contribution in [1.29, 1.82) is 0 Å². The van der Waals surface area contributed by atoms with Crippen molar-refractivity contribution in [3.63, 3.8) is 0 Å². The first-order chi connectivity index (χ1) is 20.3. The lowest BCUT2D eigenvalue weighted by Crippen LogP contribution is -2.65. The van der Waals surface area contributed by atoms with Crippen LogP contribution in [0, 0.1) is 11.2 Å². The zero-order valence-electron chi connectivity index (χ0n) is 24.3. The molecule has 42 heavy (non-hydrogen) atoms. The summed E-state index contributed by atoms with van der Waals surface area (Å²) in [5, 5.41) is 0. The molecule has 6 rings (SSSR count). The van der Waals surface area contributed by atoms with Crippen LogP contribution in [0.4, 0.5) is 10.2 Å². The monoisotopic (exact) mass is 573 g/mol. The van der Waals surface area contributed by atoms with E-state index in [2.05, 4.69) is 25.8 Å². The molecule has 1 saturated carbocycles. The number of rotatable bonds is 10. The molecule has 1 amide bonds. The molecule has 0 N–H and O–H groups in total. The Bertz CT molecular complexity index is 1480. The maximum Gasteiger partial charge on any atom is 0.257 e. The van der Waals surface area contributed by atoms with Crippen molar-refractivity contribution in [2.24, 2.45) is 5.41 Å². The lowest BCUT2D eigenvalue weighted by atomic mass is 9.61. The molecule has 0 radical (unpaired) electrons. The number of hydrogen-bond donors (Lipinski definition) is 0. The molecule has 1 aliphatic carbocycles. The summed E-state index contributed by atoms with van der Waals surface area (Å²) >= 11 is 0. The highest BCUT2D eigenvalue weighted by molar-refractivity contribution is 5.97. The van der Waals surface area contributed by atoms with Gasteiger partial charge in [0.1, 0.15) is 36.0 Å². The van der Waals surface area contributed by atoms with Crippen LogP contribution >= 0.6 is 0 Å². The molecule has 3 aromatic rings. The number of nitrogens with zero attached hydrogens (tertiary/aromatic N) is 5. The predicted octanol–water partition coefficient (Wildman–Crippen LogP) is 4.84. The van der Waals surface area contributed by atoms with Crippen LogP contribution in [0.15, 0.2) is 48.9 Å². The van der Waals surface area contributed by atoms with E-state index in [1.165, 1.54) is 35.7 Å². The maximum atomic E-state index is 14.2. The Morgan fingerprint density at radius 3 is 2.71 bits per heavy atom. The molecule has 1 spiro atoms. The molecule has 2 fully saturated rings. The number of hydrogen-bond acceptors (Lipinski definition) is 8. The molecule has 0 unspecified atom stereocenters. The summed E-state index contributed by atoms with van der Waals surface area (Å²) in [6.45, 7) is 9.82. The second-order valence-corrected chi connectivity index (χ2v) is 11.9. The van der Waals surface area contributed by atoms with Gasteiger partial charge in [-0.2, -0.15) is 0 Å². The molecular formula is C32H36FN5O4. The third-order valence-corrected chi connectivity index (χ3v) is 8.58. The van der Waals surface area contributed by atoms with E-state index in [0.29, 0.717) is 24.7 Å². The molecule has 10 heteroatoms. The van der Waals surface area contributed by atoms with Gasteiger partial charge in [-0.15, -0.1) is 0 Å². The zero-order chi connectivity index (χ0) is 29.4. The average molecular weight is 574 g/mol. The topological polar surface area (TPSA) is 88.1 Å². The van der Waals surface area contributed by atoms with Crippen LogP contribution in [0.1, 0.15) is 55.1 Å². The summed E-state index contributed by atoms with van der Waals surface area (Å²) in [6.07, 6.45) is 6.06. The first kappa shape index (κ1) is 28.1. The zero-order valence-corrected chi connectivity index (χ0v) is 24.3. The standard InChI is InChI=1S/C32H36FN5O4/c1-4-38(21(2)3)31(40)25-12-23(33)8-9-28(25)42-29-15-34-20-35-30(29)37-18-32(19-37)13-24(14-32)41-27-7-5-6-22-16-36(10-11-39)17-26(22)27/h5-9,11-12,15,20-21,24H,4,10,13-14,16-19H2,1-3H3. The Hall–Kier alpha value is -4.05. The highest BCUT2D eigenvalue weighted by atomic mass is 19.1. The summed E-state index contributed by atoms with van der Waals surface area (Å²) in [4.78, 5) is 38.8. The van der Waals surface area contributed by atoms with Crippen molar-refractivity contribution in [3.05, 3.63) is 71.4 Å². The van der Waals surface area contributed by atoms with Crippen molar-refractivity contribution in [1.82, 2.24) is 19.8 Å². The van der Waals surface area contributed by atoms with Gasteiger partial charge in [-0.3, -0.25) is 9.69 Å². The van der Waals surface area contributed by atoms with E-state index in [1.54, 1.807) is 11.1 Å². The van der Waals surface area contributed by atoms with E-state index >= 15 is 0 Å². The molecule has 9 nitrogen and oxygen atoms in total. The maximum absolute atomic E-state index is 14.2. The van der Waals surface area contributed by atoms with Crippen LogP contribution in [-0.4, -0.2) is 70.3 Å². The minimum absolute atomic E-state index is 0.0400. The fraction of sp³-hybridized carbons (Fsp3) is 0.438. The predicted molar refractivity (Wildman–Crippen MR) is 155 cm³/mol. The average Bonchev–Trinajstić information content (AvgIpc) is 3.34. The minimum Gasteiger partial charge on any atom is -0.490 e. The van der Waals surface area contributed by atoms with Gasteiger partial charge in [0.25, 0.3) is 5.91 Å². The van der Waals surface area contributed by atoms with Crippen LogP contribution < -0.4 is 14.4 Å². The van der Waals surface area contributed by atoms with Crippen LogP contribution in [0.2, 0.25) is 0 Å². The van der Waals surface area contributed by atoms with Crippen LogP contribution in [0.3, 0.4) is 0 Å². The molecule has 3 aliphatic rings. The first-order valence-corrected chi connectivity index (χ1v) is 14.6. The highest BCUT2D eigenvalue weighted by Crippen LogP contribution is 2.52. The number of halogens is 1. The largest absolute Gasteiger partial charge is 0.490 e. The van der Waals surface area contributed by atoms with Crippen LogP contribution in [0.5, 0.6) is 17.2 Å². The molecule has 3 heterocycles. The molecule has 2 aromatic carbocycles. The van der Waals surface area contributed by atoms with Gasteiger partial charge in [-0.1, -0.05) is 12.1 Å². The first-order valence-electron chi connectivity index (χ1n) is 14.6. The lowest BCUT2D eigenvalue weighted by molar-refractivity contribution is -0.109. The molecule has 220 valence electrons. The fourth-order valence-corrected chi connectivity index (χ4v) is 6.54. The Kier molecular flexibility index (Phi) is 7.57. The van der Waals surface area contributed by atoms with E-state index < -0.39 is 5.82 Å². The summed E-state index contributed by atoms with van der Waals surface area (Å²) in [6, 6.07) is 10.1. The number of anilines is 1. The summed E-state index contributed by atoms with van der Waals surface area (Å²) in [7, 11) is 0. The summed E-state index contributed by atoms with van der Waals surface area (Å²) in [5.74, 6) is 1.48. The van der Waals surface area contributed by atoms with Gasteiger partial charge in [-0.05, 0) is 63.4 Å². The van der Waals surface area contributed by atoms with Gasteiger partial charge in [0, 0.05) is 49.7 Å². The van der Waals surface area contributed by atoms with Gasteiger partial charge in [-0.25, -0.2) is 14.4 Å². The van der Waals surface area contributed by atoms with Crippen LogP contribution in [-0.2, 0) is 17.9 Å². The molecule has 0 bridgehead atoms. The van der Waals surface area contributed by atoms with E-state index in [0.717, 1.165) is 51.1 Å². The number of ether oxygens (including phenoxy) is 2. The molecule has 0 atom stereocenters. The van der Waals surface area contributed by atoms with Gasteiger partial charge in [0.05, 0.1) is 18.3 Å². The smallest absolute Gasteiger partial charge is 0.257 e. The van der Waals surface area contributed by atoms with Crippen molar-refractivity contribution < 1.29 is 23.5 Å². The molecular weight excluding hydrogens is 537 g/mol. The van der Waals surface area contributed by atoms with E-state index in [4.69, 9.17) is 9.47 Å². The Labute approximate surface area is 245 Å². The highest BCUT2D eigenvalue weighted by Gasteiger charge is 2.54. The quantitative estimate of drug-likeness (QED) is 0.319. The summed E-state index contributed by atoms with van der Waals surface area (Å²) < 4.78 is 26.9. The molecule has 1 aromatic heterocycles. The Morgan fingerprint density at radius 1 is 1.17 bits per heavy atom. The van der Waals surface area contributed by atoms with E-state index in [-0.39, 0.29) is 34.8 Å². The second kappa shape index (κ2) is 11.3. The summed E-state index contributed by atoms with van der Waals surface area (Å²) in [5.41, 5.74) is 2.74. The van der Waals surface area contributed by atoms with Crippen molar-refractivity contribution >= 4 is 18.0 Å². The van der Waals surface area contributed by atoms with Crippen molar-refractivity contribution in [2.75, 3.05) is 31.1 Å². The van der Waals surface area contributed by atoms with E-state index in [1.807, 2.05) is 32.9 Å². The SMILES string of the molecule is CCN(C(=O)c1cc(F)ccc1Oc1cncnc1N1CC2(CC(Oc3cccc4c3CN(CC=O)C4)C2)C1)C(C)C. The van der Waals surface area contributed by atoms with Gasteiger partial charge < -0.3 is 24.1 Å². The second-order valence-electron chi connectivity index (χ2n) is 11.9. The Balaban J connectivity index is 1.11. The van der Waals surface area contributed by atoms with Crippen LogP contribution in [0.25, 0.3) is 0 Å². The van der Waals surface area contributed by atoms with Gasteiger partial charge >= 0.3 is 0 Å². The normalized spacial score (nSPS) is 17.5.